The monoisotopic (exact) mass is 295 g/mol. The van der Waals surface area contributed by atoms with E-state index in [4.69, 9.17) is 4.74 Å². The predicted octanol–water partition coefficient (Wildman–Crippen LogP) is 4.00. The number of hydrogen-bond acceptors (Lipinski definition) is 3. The van der Waals surface area contributed by atoms with E-state index in [1.165, 1.54) is 0 Å². The van der Waals surface area contributed by atoms with E-state index in [0.717, 1.165) is 18.5 Å². The first kappa shape index (κ1) is 17.5. The third kappa shape index (κ3) is 5.06. The molecule has 120 valence electrons. The lowest BCUT2D eigenvalue weighted by molar-refractivity contribution is 0.0466. The fraction of sp³-hybridized carbons (Fsp3) is 0.750. The number of hydrogen-bond donors (Lipinski definition) is 1. The lowest BCUT2D eigenvalue weighted by Crippen LogP contribution is -2.45. The van der Waals surface area contributed by atoms with Crippen molar-refractivity contribution in [3.63, 3.8) is 0 Å². The number of nitrogens with zero attached hydrogens (tertiary/aromatic N) is 2. The summed E-state index contributed by atoms with van der Waals surface area (Å²) in [4.78, 5) is 16.3. The molecule has 0 saturated carbocycles. The number of ether oxygens (including phenoxy) is 1. The molecule has 1 heterocycles. The largest absolute Gasteiger partial charge is 0.444 e. The van der Waals surface area contributed by atoms with Gasteiger partial charge in [0, 0.05) is 6.04 Å². The first-order chi connectivity index (χ1) is 9.57. The minimum Gasteiger partial charge on any atom is -0.444 e. The molecule has 0 saturated heterocycles. The summed E-state index contributed by atoms with van der Waals surface area (Å²) in [5.41, 5.74) is -0.0641. The maximum Gasteiger partial charge on any atom is 0.408 e. The van der Waals surface area contributed by atoms with Gasteiger partial charge in [0.2, 0.25) is 0 Å². The van der Waals surface area contributed by atoms with Gasteiger partial charge in [-0.25, -0.2) is 9.78 Å². The molecular weight excluding hydrogens is 266 g/mol. The number of amides is 1. The van der Waals surface area contributed by atoms with Crippen molar-refractivity contribution in [2.24, 2.45) is 0 Å². The number of imidazole rings is 1. The summed E-state index contributed by atoms with van der Waals surface area (Å²) in [6.45, 7) is 13.8. The second-order valence-corrected chi connectivity index (χ2v) is 7.08. The Morgan fingerprint density at radius 2 is 2.00 bits per heavy atom. The molecule has 1 atom stereocenters. The second kappa shape index (κ2) is 6.50. The molecule has 0 aliphatic rings. The topological polar surface area (TPSA) is 56.2 Å². The van der Waals surface area contributed by atoms with Crippen LogP contribution in [-0.2, 0) is 10.3 Å². The van der Waals surface area contributed by atoms with Crippen LogP contribution in [0.5, 0.6) is 0 Å². The molecule has 0 fully saturated rings. The number of carbonyl (C=O) groups excluding carboxylic acids is 1. The zero-order valence-corrected chi connectivity index (χ0v) is 14.4. The minimum atomic E-state index is -0.541. The Labute approximate surface area is 128 Å². The van der Waals surface area contributed by atoms with E-state index in [0.29, 0.717) is 6.04 Å². The molecule has 1 rings (SSSR count). The molecule has 1 aromatic heterocycles. The van der Waals surface area contributed by atoms with Crippen LogP contribution < -0.4 is 5.32 Å². The SMILES string of the molecule is CCCC(C)n1cncc1C(C)(C)NC(=O)OC(C)(C)C. The second-order valence-electron chi connectivity index (χ2n) is 7.08. The Hall–Kier alpha value is -1.52. The Morgan fingerprint density at radius 3 is 2.52 bits per heavy atom. The van der Waals surface area contributed by atoms with Gasteiger partial charge in [0.15, 0.2) is 0 Å². The van der Waals surface area contributed by atoms with Crippen LogP contribution >= 0.6 is 0 Å². The summed E-state index contributed by atoms with van der Waals surface area (Å²) in [5.74, 6) is 0. The van der Waals surface area contributed by atoms with Crippen LogP contribution in [0, 0.1) is 0 Å². The van der Waals surface area contributed by atoms with E-state index in [2.05, 4.69) is 28.7 Å². The molecular formula is C16H29N3O2. The molecule has 1 aromatic rings. The van der Waals surface area contributed by atoms with Crippen molar-refractivity contribution in [1.29, 1.82) is 0 Å². The van der Waals surface area contributed by atoms with Crippen molar-refractivity contribution in [3.05, 3.63) is 18.2 Å². The van der Waals surface area contributed by atoms with Crippen LogP contribution in [0.25, 0.3) is 0 Å². The van der Waals surface area contributed by atoms with Gasteiger partial charge in [-0.2, -0.15) is 0 Å². The van der Waals surface area contributed by atoms with Crippen LogP contribution in [0.1, 0.15) is 73.0 Å². The molecule has 0 spiro atoms. The number of aromatic nitrogens is 2. The fourth-order valence-electron chi connectivity index (χ4n) is 2.32. The van der Waals surface area contributed by atoms with Gasteiger partial charge >= 0.3 is 6.09 Å². The fourth-order valence-corrected chi connectivity index (χ4v) is 2.32. The summed E-state index contributed by atoms with van der Waals surface area (Å²) in [6.07, 6.45) is 5.41. The van der Waals surface area contributed by atoms with E-state index >= 15 is 0 Å². The van der Waals surface area contributed by atoms with Gasteiger partial charge in [-0.1, -0.05) is 13.3 Å². The van der Waals surface area contributed by atoms with E-state index in [1.807, 2.05) is 47.1 Å². The lowest BCUT2D eigenvalue weighted by Gasteiger charge is -2.30. The number of rotatable bonds is 5. The predicted molar refractivity (Wildman–Crippen MR) is 84.2 cm³/mol. The average Bonchev–Trinajstić information content (AvgIpc) is 2.74. The van der Waals surface area contributed by atoms with E-state index in [-0.39, 0.29) is 0 Å². The summed E-state index contributed by atoms with van der Waals surface area (Å²) >= 11 is 0. The van der Waals surface area contributed by atoms with Gasteiger partial charge in [-0.05, 0) is 48.0 Å². The zero-order valence-electron chi connectivity index (χ0n) is 14.4. The van der Waals surface area contributed by atoms with Crippen molar-refractivity contribution in [2.75, 3.05) is 0 Å². The summed E-state index contributed by atoms with van der Waals surface area (Å²) in [5, 5.41) is 2.93. The summed E-state index contributed by atoms with van der Waals surface area (Å²) in [7, 11) is 0. The first-order valence-electron chi connectivity index (χ1n) is 7.60. The maximum absolute atomic E-state index is 12.0. The number of nitrogens with one attached hydrogen (secondary N) is 1. The van der Waals surface area contributed by atoms with Crippen molar-refractivity contribution in [1.82, 2.24) is 14.9 Å². The summed E-state index contributed by atoms with van der Waals surface area (Å²) < 4.78 is 7.47. The third-order valence-electron chi connectivity index (χ3n) is 3.30. The van der Waals surface area contributed by atoms with Crippen LogP contribution in [0.15, 0.2) is 12.5 Å². The lowest BCUT2D eigenvalue weighted by atomic mass is 10.0. The standard InChI is InChI=1S/C16H29N3O2/c1-8-9-12(2)19-11-17-10-13(19)16(6,7)18-14(20)21-15(3,4)5/h10-12H,8-9H2,1-7H3,(H,18,20). The third-order valence-corrected chi connectivity index (χ3v) is 3.30. The number of carbonyl (C=O) groups is 1. The van der Waals surface area contributed by atoms with E-state index in [1.54, 1.807) is 0 Å². The molecule has 21 heavy (non-hydrogen) atoms. The van der Waals surface area contributed by atoms with E-state index in [9.17, 15) is 4.79 Å². The molecule has 0 bridgehead atoms. The van der Waals surface area contributed by atoms with Gasteiger partial charge in [0.1, 0.15) is 5.60 Å². The zero-order chi connectivity index (χ0) is 16.3. The van der Waals surface area contributed by atoms with Crippen molar-refractivity contribution < 1.29 is 9.53 Å². The smallest absolute Gasteiger partial charge is 0.408 e. The molecule has 0 aromatic carbocycles. The molecule has 1 amide bonds. The molecule has 1 N–H and O–H groups in total. The summed E-state index contributed by atoms with van der Waals surface area (Å²) in [6, 6.07) is 0.354. The Morgan fingerprint density at radius 1 is 1.38 bits per heavy atom. The highest BCUT2D eigenvalue weighted by atomic mass is 16.6. The quantitative estimate of drug-likeness (QED) is 0.893. The normalized spacial score (nSPS) is 13.9. The molecule has 1 unspecified atom stereocenters. The highest BCUT2D eigenvalue weighted by molar-refractivity contribution is 5.68. The molecule has 0 aliphatic carbocycles. The molecule has 5 heteroatoms. The van der Waals surface area contributed by atoms with Crippen molar-refractivity contribution in [2.45, 2.75) is 78.5 Å². The molecule has 0 aliphatic heterocycles. The van der Waals surface area contributed by atoms with Crippen LogP contribution in [0.4, 0.5) is 4.79 Å². The van der Waals surface area contributed by atoms with Gasteiger partial charge in [0.25, 0.3) is 0 Å². The van der Waals surface area contributed by atoms with Gasteiger partial charge in [-0.3, -0.25) is 0 Å². The van der Waals surface area contributed by atoms with E-state index < -0.39 is 17.2 Å². The van der Waals surface area contributed by atoms with Crippen molar-refractivity contribution >= 4 is 6.09 Å². The molecule has 0 radical (unpaired) electrons. The minimum absolute atomic E-state index is 0.354. The van der Waals surface area contributed by atoms with Gasteiger partial charge in [-0.15, -0.1) is 0 Å². The van der Waals surface area contributed by atoms with Gasteiger partial charge < -0.3 is 14.6 Å². The Kier molecular flexibility index (Phi) is 5.42. The molecule has 5 nitrogen and oxygen atoms in total. The van der Waals surface area contributed by atoms with Crippen LogP contribution in [-0.4, -0.2) is 21.2 Å². The first-order valence-corrected chi connectivity index (χ1v) is 7.60. The Balaban J connectivity index is 2.88. The van der Waals surface area contributed by atoms with Gasteiger partial charge in [0.05, 0.1) is 23.8 Å². The Bertz CT molecular complexity index is 472. The van der Waals surface area contributed by atoms with Crippen LogP contribution in [0.2, 0.25) is 0 Å². The van der Waals surface area contributed by atoms with Crippen molar-refractivity contribution in [3.8, 4) is 0 Å². The highest BCUT2D eigenvalue weighted by Gasteiger charge is 2.29. The van der Waals surface area contributed by atoms with Crippen LogP contribution in [0.3, 0.4) is 0 Å². The highest BCUT2D eigenvalue weighted by Crippen LogP contribution is 2.25. The maximum atomic E-state index is 12.0. The average molecular weight is 295 g/mol. The number of alkyl carbamates (subject to hydrolysis) is 1.